The van der Waals surface area contributed by atoms with Gasteiger partial charge in [-0.3, -0.25) is 0 Å². The summed E-state index contributed by atoms with van der Waals surface area (Å²) in [6.45, 7) is 9.97. The predicted octanol–water partition coefficient (Wildman–Crippen LogP) is 4.25. The molecule has 0 radical (unpaired) electrons. The third-order valence-electron chi connectivity index (χ3n) is 4.04. The second kappa shape index (κ2) is 9.64. The highest BCUT2D eigenvalue weighted by molar-refractivity contribution is 14.0. The molecule has 26 heavy (non-hydrogen) atoms. The van der Waals surface area contributed by atoms with Crippen molar-refractivity contribution in [1.29, 1.82) is 0 Å². The quantitative estimate of drug-likeness (QED) is 0.398. The molecule has 2 aromatic rings. The van der Waals surface area contributed by atoms with Crippen molar-refractivity contribution in [3.05, 3.63) is 42.4 Å². The molecule has 1 saturated heterocycles. The lowest BCUT2D eigenvalue weighted by Crippen LogP contribution is -2.50. The van der Waals surface area contributed by atoms with Gasteiger partial charge in [0.05, 0.1) is 6.20 Å². The summed E-state index contributed by atoms with van der Waals surface area (Å²) >= 11 is 2.02. The maximum atomic E-state index is 5.86. The monoisotopic (exact) mass is 486 g/mol. The van der Waals surface area contributed by atoms with E-state index in [2.05, 4.69) is 36.0 Å². The second-order valence-electron chi connectivity index (χ2n) is 6.68. The molecule has 3 rings (SSSR count). The van der Waals surface area contributed by atoms with E-state index < -0.39 is 0 Å². The van der Waals surface area contributed by atoms with Gasteiger partial charge in [0.25, 0.3) is 0 Å². The fourth-order valence-electron chi connectivity index (χ4n) is 2.88. The number of hydrogen-bond acceptors (Lipinski definition) is 4. The van der Waals surface area contributed by atoms with Crippen LogP contribution in [0.1, 0.15) is 26.7 Å². The summed E-state index contributed by atoms with van der Waals surface area (Å²) in [5, 5.41) is 3.40. The van der Waals surface area contributed by atoms with Crippen molar-refractivity contribution in [3.63, 3.8) is 0 Å². The van der Waals surface area contributed by atoms with Gasteiger partial charge in [-0.05, 0) is 20.8 Å². The fraction of sp³-hybridized carbons (Fsp3) is 0.474. The minimum Gasteiger partial charge on any atom is -0.439 e. The van der Waals surface area contributed by atoms with Crippen LogP contribution in [0.4, 0.5) is 0 Å². The number of nitrogens with one attached hydrogen (secondary N) is 1. The topological polar surface area (TPSA) is 53.7 Å². The Morgan fingerprint density at radius 1 is 1.35 bits per heavy atom. The lowest BCUT2D eigenvalue weighted by molar-refractivity contribution is 0.374. The Balaban J connectivity index is 0.00000243. The molecule has 0 aliphatic carbocycles. The van der Waals surface area contributed by atoms with Crippen LogP contribution in [-0.2, 0) is 6.54 Å². The Labute approximate surface area is 177 Å². The van der Waals surface area contributed by atoms with E-state index in [9.17, 15) is 0 Å². The molecule has 5 nitrogen and oxygen atoms in total. The molecule has 7 heteroatoms. The standard InChI is InChI=1S/C19H26N4OS.HI/c1-4-20-18(23-10-11-25-19(2,3)14-23)22-13-17-21-12-16(24-17)15-8-6-5-7-9-15;/h5-9,12H,4,10-11,13-14H2,1-3H3,(H,20,22);1H. The van der Waals surface area contributed by atoms with Gasteiger partial charge in [0.1, 0.15) is 6.54 Å². The van der Waals surface area contributed by atoms with Gasteiger partial charge >= 0.3 is 0 Å². The number of thioether (sulfide) groups is 1. The van der Waals surface area contributed by atoms with Crippen molar-refractivity contribution in [2.45, 2.75) is 32.1 Å². The summed E-state index contributed by atoms with van der Waals surface area (Å²) in [5.41, 5.74) is 1.03. The fourth-order valence-corrected chi connectivity index (χ4v) is 4.00. The van der Waals surface area contributed by atoms with Crippen LogP contribution in [0.15, 0.2) is 45.9 Å². The Kier molecular flexibility index (Phi) is 7.82. The van der Waals surface area contributed by atoms with E-state index in [0.717, 1.165) is 42.7 Å². The predicted molar refractivity (Wildman–Crippen MR) is 120 cm³/mol. The number of hydrogen-bond donors (Lipinski definition) is 1. The van der Waals surface area contributed by atoms with E-state index in [1.165, 1.54) is 0 Å². The van der Waals surface area contributed by atoms with Gasteiger partial charge in [0.2, 0.25) is 5.89 Å². The molecule has 0 saturated carbocycles. The zero-order chi connectivity index (χ0) is 17.7. The highest BCUT2D eigenvalue weighted by Gasteiger charge is 2.28. The first kappa shape index (κ1) is 21.1. The SMILES string of the molecule is CCNC(=NCc1ncc(-c2ccccc2)o1)N1CCSC(C)(C)C1.I. The zero-order valence-electron chi connectivity index (χ0n) is 15.6. The summed E-state index contributed by atoms with van der Waals surface area (Å²) in [5.74, 6) is 3.48. The molecule has 0 atom stereocenters. The third-order valence-corrected chi connectivity index (χ3v) is 5.33. The zero-order valence-corrected chi connectivity index (χ0v) is 18.7. The van der Waals surface area contributed by atoms with Gasteiger partial charge in [-0.15, -0.1) is 24.0 Å². The maximum Gasteiger partial charge on any atom is 0.216 e. The van der Waals surface area contributed by atoms with Crippen LogP contribution < -0.4 is 5.32 Å². The summed E-state index contributed by atoms with van der Waals surface area (Å²) in [4.78, 5) is 11.5. The number of halogens is 1. The van der Waals surface area contributed by atoms with Gasteiger partial charge in [-0.25, -0.2) is 9.98 Å². The van der Waals surface area contributed by atoms with Gasteiger partial charge in [-0.1, -0.05) is 30.3 Å². The maximum absolute atomic E-state index is 5.86. The smallest absolute Gasteiger partial charge is 0.216 e. The van der Waals surface area contributed by atoms with E-state index in [0.29, 0.717) is 12.4 Å². The van der Waals surface area contributed by atoms with Gasteiger partial charge in [0, 0.05) is 35.7 Å². The minimum atomic E-state index is 0. The number of oxazole rings is 1. The van der Waals surface area contributed by atoms with Crippen molar-refractivity contribution < 1.29 is 4.42 Å². The van der Waals surface area contributed by atoms with Gasteiger partial charge < -0.3 is 14.6 Å². The normalized spacial score (nSPS) is 16.9. The van der Waals surface area contributed by atoms with Gasteiger partial charge in [0.15, 0.2) is 11.7 Å². The van der Waals surface area contributed by atoms with Crippen LogP contribution in [0.25, 0.3) is 11.3 Å². The highest BCUT2D eigenvalue weighted by Crippen LogP contribution is 2.29. The molecular formula is C19H27IN4OS. The van der Waals surface area contributed by atoms with Crippen molar-refractivity contribution in [2.24, 2.45) is 4.99 Å². The Morgan fingerprint density at radius 2 is 2.12 bits per heavy atom. The molecular weight excluding hydrogens is 459 g/mol. The molecule has 2 heterocycles. The lowest BCUT2D eigenvalue weighted by Gasteiger charge is -2.39. The molecule has 1 fully saturated rings. The second-order valence-corrected chi connectivity index (χ2v) is 8.49. The summed E-state index contributed by atoms with van der Waals surface area (Å²) in [6, 6.07) is 10.0. The lowest BCUT2D eigenvalue weighted by atomic mass is 10.2. The molecule has 1 aliphatic heterocycles. The van der Waals surface area contributed by atoms with E-state index in [1.807, 2.05) is 42.1 Å². The number of nitrogens with zero attached hydrogens (tertiary/aromatic N) is 3. The number of aromatic nitrogens is 1. The Hall–Kier alpha value is -1.22. The number of guanidine groups is 1. The van der Waals surface area contributed by atoms with E-state index in [-0.39, 0.29) is 28.7 Å². The van der Waals surface area contributed by atoms with Crippen LogP contribution in [0.2, 0.25) is 0 Å². The van der Waals surface area contributed by atoms with E-state index >= 15 is 0 Å². The number of benzene rings is 1. The summed E-state index contributed by atoms with van der Waals surface area (Å²) < 4.78 is 6.11. The van der Waals surface area contributed by atoms with Crippen LogP contribution in [0.3, 0.4) is 0 Å². The largest absolute Gasteiger partial charge is 0.439 e. The highest BCUT2D eigenvalue weighted by atomic mass is 127. The molecule has 0 bridgehead atoms. The number of aliphatic imine (C=N–C) groups is 1. The first-order chi connectivity index (χ1) is 12.1. The average Bonchev–Trinajstić information content (AvgIpc) is 3.07. The Morgan fingerprint density at radius 3 is 2.81 bits per heavy atom. The molecule has 1 N–H and O–H groups in total. The van der Waals surface area contributed by atoms with Crippen LogP contribution in [-0.4, -0.2) is 46.0 Å². The van der Waals surface area contributed by atoms with Crippen molar-refractivity contribution >= 4 is 41.7 Å². The van der Waals surface area contributed by atoms with Crippen LogP contribution in [0, 0.1) is 0 Å². The van der Waals surface area contributed by atoms with Gasteiger partial charge in [-0.2, -0.15) is 11.8 Å². The molecule has 1 aromatic heterocycles. The molecule has 1 aromatic carbocycles. The molecule has 0 spiro atoms. The minimum absolute atomic E-state index is 0. The van der Waals surface area contributed by atoms with Crippen molar-refractivity contribution in [3.8, 4) is 11.3 Å². The molecule has 0 amide bonds. The van der Waals surface area contributed by atoms with Crippen molar-refractivity contribution in [1.82, 2.24) is 15.2 Å². The number of rotatable bonds is 4. The molecule has 1 aliphatic rings. The Bertz CT molecular complexity index is 717. The van der Waals surface area contributed by atoms with E-state index in [4.69, 9.17) is 9.41 Å². The molecule has 0 unspecified atom stereocenters. The third kappa shape index (κ3) is 5.64. The summed E-state index contributed by atoms with van der Waals surface area (Å²) in [6.07, 6.45) is 1.77. The van der Waals surface area contributed by atoms with Crippen molar-refractivity contribution in [2.75, 3.05) is 25.4 Å². The first-order valence-corrected chi connectivity index (χ1v) is 9.73. The van der Waals surface area contributed by atoms with Crippen LogP contribution >= 0.6 is 35.7 Å². The van der Waals surface area contributed by atoms with E-state index in [1.54, 1.807) is 6.20 Å². The molecule has 142 valence electrons. The first-order valence-electron chi connectivity index (χ1n) is 8.75. The average molecular weight is 486 g/mol. The summed E-state index contributed by atoms with van der Waals surface area (Å²) in [7, 11) is 0. The van der Waals surface area contributed by atoms with Crippen LogP contribution in [0.5, 0.6) is 0 Å².